The molecule has 0 aliphatic heterocycles. The molecule has 0 spiro atoms. The lowest BCUT2D eigenvalue weighted by atomic mass is 10.1. The molecule has 0 atom stereocenters. The first-order valence-corrected chi connectivity index (χ1v) is 9.07. The van der Waals surface area contributed by atoms with Crippen molar-refractivity contribution in [1.82, 2.24) is 14.6 Å². The maximum Gasteiger partial charge on any atom is 0.0840 e. The molecular formula is C17H13BrCl3N3. The van der Waals surface area contributed by atoms with Crippen molar-refractivity contribution >= 4 is 50.9 Å². The van der Waals surface area contributed by atoms with Crippen LogP contribution in [0.3, 0.4) is 0 Å². The van der Waals surface area contributed by atoms with Gasteiger partial charge < -0.3 is 0 Å². The second-order valence-corrected chi connectivity index (χ2v) is 7.27. The van der Waals surface area contributed by atoms with E-state index >= 15 is 0 Å². The molecule has 1 N–H and O–H groups in total. The van der Waals surface area contributed by atoms with E-state index in [9.17, 15) is 0 Å². The van der Waals surface area contributed by atoms with Gasteiger partial charge in [-0.3, -0.25) is 0 Å². The highest BCUT2D eigenvalue weighted by Gasteiger charge is 2.18. The van der Waals surface area contributed by atoms with Crippen molar-refractivity contribution in [3.63, 3.8) is 0 Å². The Bertz CT molecular complexity index is 876. The smallest absolute Gasteiger partial charge is 0.0840 e. The third-order valence-electron chi connectivity index (χ3n) is 3.71. The van der Waals surface area contributed by atoms with Gasteiger partial charge >= 0.3 is 0 Å². The Morgan fingerprint density at radius 2 is 1.83 bits per heavy atom. The summed E-state index contributed by atoms with van der Waals surface area (Å²) < 4.78 is 2.85. The molecule has 124 valence electrons. The van der Waals surface area contributed by atoms with E-state index in [1.807, 2.05) is 41.9 Å². The third-order valence-corrected chi connectivity index (χ3v) is 4.91. The summed E-state index contributed by atoms with van der Waals surface area (Å²) in [6.45, 7) is 2.48. The van der Waals surface area contributed by atoms with Gasteiger partial charge in [0.15, 0.2) is 0 Å². The molecule has 3 rings (SSSR count). The van der Waals surface area contributed by atoms with E-state index in [0.29, 0.717) is 16.6 Å². The Morgan fingerprint density at radius 3 is 2.46 bits per heavy atom. The molecule has 7 heteroatoms. The van der Waals surface area contributed by atoms with E-state index in [2.05, 4.69) is 25.9 Å². The molecule has 0 saturated heterocycles. The molecule has 24 heavy (non-hydrogen) atoms. The van der Waals surface area contributed by atoms with E-state index in [1.165, 1.54) is 0 Å². The molecule has 0 fully saturated rings. The molecule has 0 aliphatic rings. The zero-order valence-corrected chi connectivity index (χ0v) is 16.5. The SMILES string of the molecule is Cc1c(CNCl)nn(-c2ccc(Cl)cc2Cl)c1-c1ccc(Br)cc1. The van der Waals surface area contributed by atoms with Gasteiger partial charge in [0.2, 0.25) is 0 Å². The molecule has 0 aliphatic carbocycles. The van der Waals surface area contributed by atoms with E-state index in [-0.39, 0.29) is 0 Å². The number of halogens is 4. The molecule has 2 aromatic carbocycles. The lowest BCUT2D eigenvalue weighted by Gasteiger charge is -2.11. The fourth-order valence-corrected chi connectivity index (χ4v) is 3.43. The quantitative estimate of drug-likeness (QED) is 0.488. The number of hydrogen-bond donors (Lipinski definition) is 1. The summed E-state index contributed by atoms with van der Waals surface area (Å²) in [7, 11) is 0. The zero-order chi connectivity index (χ0) is 17.3. The largest absolute Gasteiger partial charge is 0.231 e. The maximum absolute atomic E-state index is 6.39. The van der Waals surface area contributed by atoms with Crippen LogP contribution < -0.4 is 4.84 Å². The van der Waals surface area contributed by atoms with Crippen LogP contribution in [0.2, 0.25) is 10.0 Å². The standard InChI is InChI=1S/C17H13BrCl3N3/c1-10-15(9-22-21)23-24(16-7-6-13(19)8-14(16)20)17(10)11-2-4-12(18)5-3-11/h2-8,22H,9H2,1H3. The average Bonchev–Trinajstić information content (AvgIpc) is 2.85. The highest BCUT2D eigenvalue weighted by atomic mass is 79.9. The fourth-order valence-electron chi connectivity index (χ4n) is 2.55. The number of benzene rings is 2. The predicted molar refractivity (Wildman–Crippen MR) is 104 cm³/mol. The third kappa shape index (κ3) is 3.48. The van der Waals surface area contributed by atoms with Crippen LogP contribution in [-0.4, -0.2) is 9.78 Å². The van der Waals surface area contributed by atoms with E-state index in [4.69, 9.17) is 35.0 Å². The number of nitrogens with zero attached hydrogens (tertiary/aromatic N) is 2. The van der Waals surface area contributed by atoms with Gasteiger partial charge in [-0.15, -0.1) is 0 Å². The summed E-state index contributed by atoms with van der Waals surface area (Å²) in [4.78, 5) is 2.64. The minimum atomic E-state index is 0.453. The molecule has 3 nitrogen and oxygen atoms in total. The van der Waals surface area contributed by atoms with Gasteiger partial charge in [0, 0.05) is 20.6 Å². The Labute approximate surface area is 163 Å². The van der Waals surface area contributed by atoms with Crippen LogP contribution in [0.5, 0.6) is 0 Å². The molecule has 0 saturated carbocycles. The summed E-state index contributed by atoms with van der Waals surface area (Å²) >= 11 is 21.6. The van der Waals surface area contributed by atoms with Gasteiger partial charge in [0.25, 0.3) is 0 Å². The van der Waals surface area contributed by atoms with Crippen LogP contribution in [0.1, 0.15) is 11.3 Å². The zero-order valence-electron chi connectivity index (χ0n) is 12.7. The maximum atomic E-state index is 6.39. The van der Waals surface area contributed by atoms with Crippen molar-refractivity contribution < 1.29 is 0 Å². The van der Waals surface area contributed by atoms with Gasteiger partial charge in [0.05, 0.1) is 28.6 Å². The first-order valence-electron chi connectivity index (χ1n) is 7.14. The molecule has 0 amide bonds. The van der Waals surface area contributed by atoms with Gasteiger partial charge in [-0.05, 0) is 49.0 Å². The van der Waals surface area contributed by atoms with Crippen LogP contribution >= 0.6 is 50.9 Å². The van der Waals surface area contributed by atoms with Crippen molar-refractivity contribution in [2.45, 2.75) is 13.5 Å². The van der Waals surface area contributed by atoms with Crippen LogP contribution in [0, 0.1) is 6.92 Å². The van der Waals surface area contributed by atoms with Gasteiger partial charge in [-0.25, -0.2) is 9.52 Å². The Balaban J connectivity index is 2.24. The van der Waals surface area contributed by atoms with Crippen molar-refractivity contribution in [1.29, 1.82) is 0 Å². The van der Waals surface area contributed by atoms with Crippen LogP contribution in [0.25, 0.3) is 16.9 Å². The molecule has 1 aromatic heterocycles. The van der Waals surface area contributed by atoms with Crippen molar-refractivity contribution in [2.75, 3.05) is 0 Å². The second kappa shape index (κ2) is 7.46. The normalized spacial score (nSPS) is 11.0. The molecule has 0 bridgehead atoms. The van der Waals surface area contributed by atoms with Crippen LogP contribution in [0.4, 0.5) is 0 Å². The molecule has 3 aromatic rings. The first-order chi connectivity index (χ1) is 11.5. The minimum Gasteiger partial charge on any atom is -0.231 e. The molecule has 0 radical (unpaired) electrons. The van der Waals surface area contributed by atoms with Crippen molar-refractivity contribution in [3.05, 3.63) is 68.2 Å². The lowest BCUT2D eigenvalue weighted by Crippen LogP contribution is -2.03. The number of aromatic nitrogens is 2. The van der Waals surface area contributed by atoms with Gasteiger partial charge in [-0.1, -0.05) is 51.3 Å². The first kappa shape index (κ1) is 17.8. The number of nitrogens with one attached hydrogen (secondary N) is 1. The Hall–Kier alpha value is -1.04. The molecular weight excluding hydrogens is 432 g/mol. The summed E-state index contributed by atoms with van der Waals surface area (Å²) in [5, 5.41) is 5.81. The van der Waals surface area contributed by atoms with Gasteiger partial charge in [0.1, 0.15) is 0 Å². The Kier molecular flexibility index (Phi) is 5.52. The van der Waals surface area contributed by atoms with Crippen molar-refractivity contribution in [3.8, 4) is 16.9 Å². The van der Waals surface area contributed by atoms with Crippen LogP contribution in [0.15, 0.2) is 46.9 Å². The summed E-state index contributed by atoms with van der Waals surface area (Å²) in [6.07, 6.45) is 0. The average molecular weight is 446 g/mol. The monoisotopic (exact) mass is 443 g/mol. The predicted octanol–water partition coefficient (Wildman–Crippen LogP) is 6.16. The highest BCUT2D eigenvalue weighted by Crippen LogP contribution is 2.33. The summed E-state index contributed by atoms with van der Waals surface area (Å²) in [5.41, 5.74) is 4.66. The molecule has 1 heterocycles. The van der Waals surface area contributed by atoms with Crippen LogP contribution in [-0.2, 0) is 6.54 Å². The topological polar surface area (TPSA) is 29.9 Å². The van der Waals surface area contributed by atoms with E-state index in [1.54, 1.807) is 12.1 Å². The number of rotatable bonds is 4. The minimum absolute atomic E-state index is 0.453. The van der Waals surface area contributed by atoms with E-state index in [0.717, 1.165) is 32.7 Å². The van der Waals surface area contributed by atoms with E-state index < -0.39 is 0 Å². The summed E-state index contributed by atoms with van der Waals surface area (Å²) in [6, 6.07) is 13.4. The molecule has 0 unspecified atom stereocenters. The van der Waals surface area contributed by atoms with Gasteiger partial charge in [-0.2, -0.15) is 5.10 Å². The highest BCUT2D eigenvalue weighted by molar-refractivity contribution is 9.10. The summed E-state index contributed by atoms with van der Waals surface area (Å²) in [5.74, 6) is 0. The lowest BCUT2D eigenvalue weighted by molar-refractivity contribution is 0.816. The Morgan fingerprint density at radius 1 is 1.12 bits per heavy atom. The number of hydrogen-bond acceptors (Lipinski definition) is 2. The second-order valence-electron chi connectivity index (χ2n) is 5.25. The fraction of sp³-hybridized carbons (Fsp3) is 0.118. The van der Waals surface area contributed by atoms with Crippen molar-refractivity contribution in [2.24, 2.45) is 0 Å².